The van der Waals surface area contributed by atoms with Crippen LogP contribution >= 0.6 is 0 Å². The normalized spacial score (nSPS) is 19.9. The number of fused-ring (bicyclic) bond motifs is 1. The van der Waals surface area contributed by atoms with Gasteiger partial charge in [-0.25, -0.2) is 0 Å². The average molecular weight is 203 g/mol. The number of hydrogen-bond acceptors (Lipinski definition) is 2. The summed E-state index contributed by atoms with van der Waals surface area (Å²) in [6.07, 6.45) is 1.61. The fourth-order valence-corrected chi connectivity index (χ4v) is 2.03. The predicted molar refractivity (Wildman–Crippen MR) is 56.7 cm³/mol. The molecule has 1 unspecified atom stereocenters. The topological polar surface area (TPSA) is 37.4 Å². The van der Waals surface area contributed by atoms with Crippen LogP contribution in [0.15, 0.2) is 24.3 Å². The Labute approximate surface area is 88.7 Å². The van der Waals surface area contributed by atoms with Gasteiger partial charge < -0.3 is 9.69 Å². The largest absolute Gasteiger partial charge is 0.329 e. The van der Waals surface area contributed by atoms with Crippen LogP contribution in [0.1, 0.15) is 22.8 Å². The highest BCUT2D eigenvalue weighted by molar-refractivity contribution is 5.97. The van der Waals surface area contributed by atoms with E-state index < -0.39 is 0 Å². The fraction of sp³-hybridized carbons (Fsp3) is 0.333. The summed E-state index contributed by atoms with van der Waals surface area (Å²) in [4.78, 5) is 24.1. The van der Waals surface area contributed by atoms with Gasteiger partial charge in [-0.1, -0.05) is 18.2 Å². The molecule has 0 radical (unpaired) electrons. The van der Waals surface area contributed by atoms with E-state index in [1.54, 1.807) is 4.90 Å². The molecule has 1 aliphatic heterocycles. The summed E-state index contributed by atoms with van der Waals surface area (Å²) < 4.78 is 0. The van der Waals surface area contributed by atoms with Gasteiger partial charge in [-0.2, -0.15) is 0 Å². The van der Waals surface area contributed by atoms with Crippen LogP contribution in [0.5, 0.6) is 0 Å². The molecule has 1 amide bonds. The Morgan fingerprint density at radius 1 is 1.47 bits per heavy atom. The second-order valence-electron chi connectivity index (χ2n) is 3.83. The second-order valence-corrected chi connectivity index (χ2v) is 3.83. The van der Waals surface area contributed by atoms with E-state index in [1.807, 2.05) is 31.2 Å². The molecule has 3 nitrogen and oxygen atoms in total. The van der Waals surface area contributed by atoms with E-state index in [2.05, 4.69) is 0 Å². The van der Waals surface area contributed by atoms with Gasteiger partial charge >= 0.3 is 0 Å². The van der Waals surface area contributed by atoms with E-state index in [0.29, 0.717) is 0 Å². The summed E-state index contributed by atoms with van der Waals surface area (Å²) in [6, 6.07) is 7.70. The van der Waals surface area contributed by atoms with Gasteiger partial charge in [0.25, 0.3) is 5.91 Å². The van der Waals surface area contributed by atoms with Gasteiger partial charge in [-0.15, -0.1) is 0 Å². The number of nitrogens with zero attached hydrogens (tertiary/aromatic N) is 1. The van der Waals surface area contributed by atoms with Crippen molar-refractivity contribution in [1.82, 2.24) is 4.90 Å². The van der Waals surface area contributed by atoms with Gasteiger partial charge in [0.15, 0.2) is 0 Å². The van der Waals surface area contributed by atoms with Crippen molar-refractivity contribution in [3.8, 4) is 0 Å². The number of carbonyl (C=O) groups excluding carboxylic acids is 2. The summed E-state index contributed by atoms with van der Waals surface area (Å²) in [5.74, 6) is -0.0311. The van der Waals surface area contributed by atoms with Crippen molar-refractivity contribution in [2.45, 2.75) is 19.4 Å². The number of carbonyl (C=O) groups is 2. The Morgan fingerprint density at radius 2 is 2.20 bits per heavy atom. The summed E-state index contributed by atoms with van der Waals surface area (Å²) in [6.45, 7) is 2.16. The van der Waals surface area contributed by atoms with E-state index in [0.717, 1.165) is 23.8 Å². The van der Waals surface area contributed by atoms with Gasteiger partial charge in [-0.05, 0) is 25.0 Å². The Morgan fingerprint density at radius 3 is 2.93 bits per heavy atom. The molecule has 1 atom stereocenters. The quantitative estimate of drug-likeness (QED) is 0.679. The minimum absolute atomic E-state index is 0.0311. The average Bonchev–Trinajstić information content (AvgIpc) is 2.24. The molecule has 1 aromatic rings. The summed E-state index contributed by atoms with van der Waals surface area (Å²) >= 11 is 0. The molecule has 2 rings (SSSR count). The fourth-order valence-electron chi connectivity index (χ4n) is 2.03. The number of amides is 1. The van der Waals surface area contributed by atoms with Crippen molar-refractivity contribution < 1.29 is 9.59 Å². The van der Waals surface area contributed by atoms with E-state index >= 15 is 0 Å². The third kappa shape index (κ3) is 1.65. The summed E-state index contributed by atoms with van der Waals surface area (Å²) in [5.41, 5.74) is 1.81. The molecule has 78 valence electrons. The number of aldehydes is 1. The van der Waals surface area contributed by atoms with Gasteiger partial charge in [-0.3, -0.25) is 4.79 Å². The van der Waals surface area contributed by atoms with Gasteiger partial charge in [0.1, 0.15) is 6.29 Å². The lowest BCUT2D eigenvalue weighted by Gasteiger charge is -2.33. The van der Waals surface area contributed by atoms with Crippen molar-refractivity contribution in [3.63, 3.8) is 0 Å². The van der Waals surface area contributed by atoms with Crippen molar-refractivity contribution in [2.24, 2.45) is 0 Å². The van der Waals surface area contributed by atoms with Crippen LogP contribution in [0.25, 0.3) is 0 Å². The first-order valence-corrected chi connectivity index (χ1v) is 5.06. The molecule has 1 aromatic carbocycles. The highest BCUT2D eigenvalue weighted by Crippen LogP contribution is 2.22. The molecular weight excluding hydrogens is 190 g/mol. The molecule has 1 aliphatic rings. The van der Waals surface area contributed by atoms with E-state index in [-0.39, 0.29) is 18.5 Å². The van der Waals surface area contributed by atoms with Gasteiger partial charge in [0, 0.05) is 11.6 Å². The Balaban J connectivity index is 2.38. The minimum atomic E-state index is -0.0311. The third-order valence-electron chi connectivity index (χ3n) is 2.83. The Hall–Kier alpha value is -1.64. The van der Waals surface area contributed by atoms with Gasteiger partial charge in [0.2, 0.25) is 0 Å². The van der Waals surface area contributed by atoms with E-state index in [9.17, 15) is 9.59 Å². The maximum Gasteiger partial charge on any atom is 0.254 e. The zero-order chi connectivity index (χ0) is 10.8. The first kappa shape index (κ1) is 9.90. The van der Waals surface area contributed by atoms with Crippen molar-refractivity contribution in [3.05, 3.63) is 35.4 Å². The van der Waals surface area contributed by atoms with Crippen LogP contribution in [-0.2, 0) is 11.2 Å². The zero-order valence-electron chi connectivity index (χ0n) is 8.64. The summed E-state index contributed by atoms with van der Waals surface area (Å²) in [7, 11) is 0. The Bertz CT molecular complexity index is 400. The van der Waals surface area contributed by atoms with E-state index in [4.69, 9.17) is 0 Å². The van der Waals surface area contributed by atoms with Crippen molar-refractivity contribution >= 4 is 12.2 Å². The molecule has 0 saturated carbocycles. The van der Waals surface area contributed by atoms with E-state index in [1.165, 1.54) is 0 Å². The molecule has 1 heterocycles. The number of benzene rings is 1. The van der Waals surface area contributed by atoms with Crippen LogP contribution < -0.4 is 0 Å². The van der Waals surface area contributed by atoms with Crippen LogP contribution in [0.3, 0.4) is 0 Å². The molecule has 0 aliphatic carbocycles. The maximum atomic E-state index is 12.0. The zero-order valence-corrected chi connectivity index (χ0v) is 8.64. The lowest BCUT2D eigenvalue weighted by molar-refractivity contribution is -0.108. The first-order chi connectivity index (χ1) is 7.24. The molecule has 0 N–H and O–H groups in total. The smallest absolute Gasteiger partial charge is 0.254 e. The lowest BCUT2D eigenvalue weighted by Crippen LogP contribution is -2.44. The standard InChI is InChI=1S/C12H13NO2/c1-9-8-10-4-2-3-5-11(10)12(15)13(9)6-7-14/h2-5,7,9H,6,8H2,1H3. The third-order valence-corrected chi connectivity index (χ3v) is 2.83. The SMILES string of the molecule is CC1Cc2ccccc2C(=O)N1CC=O. The monoisotopic (exact) mass is 203 g/mol. The molecule has 0 saturated heterocycles. The lowest BCUT2D eigenvalue weighted by atomic mass is 9.94. The summed E-state index contributed by atoms with van der Waals surface area (Å²) in [5, 5.41) is 0. The van der Waals surface area contributed by atoms with Crippen molar-refractivity contribution in [1.29, 1.82) is 0 Å². The first-order valence-electron chi connectivity index (χ1n) is 5.06. The molecule has 3 heteroatoms. The van der Waals surface area contributed by atoms with Crippen LogP contribution in [-0.4, -0.2) is 29.7 Å². The predicted octanol–water partition coefficient (Wildman–Crippen LogP) is 1.27. The highest BCUT2D eigenvalue weighted by Gasteiger charge is 2.28. The molecule has 0 fully saturated rings. The van der Waals surface area contributed by atoms with Crippen LogP contribution in [0, 0.1) is 0 Å². The van der Waals surface area contributed by atoms with Crippen molar-refractivity contribution in [2.75, 3.05) is 6.54 Å². The molecular formula is C12H13NO2. The second kappa shape index (κ2) is 3.85. The number of hydrogen-bond donors (Lipinski definition) is 0. The molecule has 0 aromatic heterocycles. The molecule has 0 bridgehead atoms. The van der Waals surface area contributed by atoms with Crippen LogP contribution in [0.4, 0.5) is 0 Å². The molecule has 0 spiro atoms. The van der Waals surface area contributed by atoms with Gasteiger partial charge in [0.05, 0.1) is 6.54 Å². The molecule has 15 heavy (non-hydrogen) atoms. The maximum absolute atomic E-state index is 12.0. The minimum Gasteiger partial charge on any atom is -0.329 e. The highest BCUT2D eigenvalue weighted by atomic mass is 16.2. The Kier molecular flexibility index (Phi) is 2.54. The number of rotatable bonds is 2. The van der Waals surface area contributed by atoms with Crippen LogP contribution in [0.2, 0.25) is 0 Å².